The number of nitrogens with zero attached hydrogens (tertiary/aromatic N) is 6. The number of thioether (sulfide) groups is 1. The maximum absolute atomic E-state index is 10.6. The molecule has 0 aliphatic rings. The first-order valence-electron chi connectivity index (χ1n) is 13.3. The highest BCUT2D eigenvalue weighted by Gasteiger charge is 2.08. The topological polar surface area (TPSA) is 78.5 Å². The Hall–Kier alpha value is -2.04. The van der Waals surface area contributed by atoms with Gasteiger partial charge in [-0.25, -0.2) is 19.3 Å². The van der Waals surface area contributed by atoms with Gasteiger partial charge in [0, 0.05) is 57.1 Å². The first kappa shape index (κ1) is 16.7. The summed E-state index contributed by atoms with van der Waals surface area (Å²) in [6, 6.07) is 3.82. The van der Waals surface area contributed by atoms with Gasteiger partial charge < -0.3 is 0 Å². The van der Waals surface area contributed by atoms with Crippen LogP contribution in [-0.4, -0.2) is 48.3 Å². The summed E-state index contributed by atoms with van der Waals surface area (Å²) in [5.74, 6) is 0. The predicted octanol–water partition coefficient (Wildman–Crippen LogP) is 6.37. The summed E-state index contributed by atoms with van der Waals surface area (Å²) in [7, 11) is 3.63. The zero-order valence-electron chi connectivity index (χ0n) is 26.4. The van der Waals surface area contributed by atoms with E-state index in [0.29, 0.717) is 11.3 Å². The minimum Gasteiger partial charge on any atom is -0.296 e. The van der Waals surface area contributed by atoms with Gasteiger partial charge >= 0.3 is 0 Å². The Morgan fingerprint density at radius 2 is 1.41 bits per heavy atom. The largest absolute Gasteiger partial charge is 0.296 e. The molecule has 0 aliphatic heterocycles. The minimum absolute atomic E-state index is 0. The van der Waals surface area contributed by atoms with Crippen molar-refractivity contribution in [3.05, 3.63) is 51.4 Å². The van der Waals surface area contributed by atoms with Gasteiger partial charge in [-0.05, 0) is 62.6 Å². The van der Waals surface area contributed by atoms with Crippen LogP contribution in [0.5, 0.6) is 0 Å². The molecule has 4 aromatic heterocycles. The normalized spacial score (nSPS) is 11.5. The highest BCUT2D eigenvalue weighted by Crippen LogP contribution is 2.21. The Labute approximate surface area is 206 Å². The molecule has 0 amide bonds. The number of carbonyl (C=O) groups excluding carboxylic acids is 1. The number of fused-ring (bicyclic) bond motifs is 2. The smallest absolute Gasteiger partial charge is 0.171 e. The van der Waals surface area contributed by atoms with E-state index in [4.69, 9.17) is 14.8 Å². The molecule has 4 rings (SSSR count). The van der Waals surface area contributed by atoms with Gasteiger partial charge in [0.1, 0.15) is 5.69 Å². The second-order valence-corrected chi connectivity index (χ2v) is 8.45. The molecule has 4 heterocycles. The van der Waals surface area contributed by atoms with Crippen LogP contribution in [0.1, 0.15) is 32.5 Å². The zero-order valence-corrected chi connectivity index (χ0v) is 20.4. The van der Waals surface area contributed by atoms with Crippen molar-refractivity contribution >= 4 is 78.1 Å². The molecule has 10 heteroatoms. The molecule has 0 saturated heterocycles. The number of aromatic nitrogens is 6. The Balaban J connectivity index is -0.000000143. The maximum Gasteiger partial charge on any atom is 0.171 e. The Morgan fingerprint density at radius 3 is 1.83 bits per heavy atom. The van der Waals surface area contributed by atoms with Crippen molar-refractivity contribution in [2.45, 2.75) is 0 Å². The van der Waals surface area contributed by atoms with Gasteiger partial charge in [-0.15, -0.1) is 0 Å². The summed E-state index contributed by atoms with van der Waals surface area (Å²) >= 11 is 8.41. The summed E-state index contributed by atoms with van der Waals surface area (Å²) in [4.78, 5) is 19.0. The second-order valence-electron chi connectivity index (χ2n) is 5.80. The van der Waals surface area contributed by atoms with Crippen LogP contribution in [-0.2, 0) is 14.1 Å². The molecular formula is C19H32Br2N6OS. The van der Waals surface area contributed by atoms with Crippen molar-refractivity contribution in [2.75, 3.05) is 12.5 Å². The molecule has 0 saturated carbocycles. The lowest BCUT2D eigenvalue weighted by molar-refractivity contribution is 0.111. The maximum atomic E-state index is 10.6. The fourth-order valence-corrected chi connectivity index (χ4v) is 3.18. The average Bonchev–Trinajstić information content (AvgIpc) is 3.49. The molecule has 4 aromatic rings. The van der Waals surface area contributed by atoms with Gasteiger partial charge in [-0.1, -0.05) is 6.58 Å². The number of hydrogen-bond acceptors (Lipinski definition) is 6. The lowest BCUT2D eigenvalue weighted by Gasteiger charge is -1.92. The van der Waals surface area contributed by atoms with Crippen LogP contribution in [0.3, 0.4) is 0 Å². The van der Waals surface area contributed by atoms with E-state index in [1.54, 1.807) is 46.6 Å². The highest BCUT2D eigenvalue weighted by molar-refractivity contribution is 9.10. The van der Waals surface area contributed by atoms with Crippen LogP contribution in [0, 0.1) is 0 Å². The summed E-state index contributed by atoms with van der Waals surface area (Å²) in [6.45, 7) is 3.71. The van der Waals surface area contributed by atoms with Crippen molar-refractivity contribution in [1.29, 1.82) is 0 Å². The number of rotatable bonds is 2. The molecule has 7 nitrogen and oxygen atoms in total. The Morgan fingerprint density at radius 1 is 1.00 bits per heavy atom. The van der Waals surface area contributed by atoms with E-state index < -0.39 is 0 Å². The van der Waals surface area contributed by atoms with E-state index in [9.17, 15) is 4.79 Å². The van der Waals surface area contributed by atoms with Gasteiger partial charge in [-0.2, -0.15) is 22.0 Å². The van der Waals surface area contributed by atoms with Crippen LogP contribution in [0.25, 0.3) is 28.1 Å². The van der Waals surface area contributed by atoms with Crippen molar-refractivity contribution in [1.82, 2.24) is 29.5 Å². The second kappa shape index (κ2) is 10.7. The van der Waals surface area contributed by atoms with Crippen molar-refractivity contribution in [3.63, 3.8) is 0 Å². The van der Waals surface area contributed by atoms with E-state index in [1.165, 1.54) is 0 Å². The average molecular weight is 563 g/mol. The van der Waals surface area contributed by atoms with Gasteiger partial charge in [0.15, 0.2) is 17.6 Å². The molecule has 0 radical (unpaired) electrons. The third-order valence-electron chi connectivity index (χ3n) is 3.65. The molecule has 164 valence electrons. The molecule has 0 unspecified atom stereocenters. The fraction of sp³-hybridized carbons (Fsp3) is 0.211. The Bertz CT molecular complexity index is 1100. The van der Waals surface area contributed by atoms with E-state index in [0.717, 1.165) is 37.3 Å². The first-order valence-corrected chi connectivity index (χ1v) is 11.5. The number of halogens is 2. The molecule has 0 N–H and O–H groups in total. The molecule has 0 bridgehead atoms. The van der Waals surface area contributed by atoms with E-state index in [-0.39, 0.29) is 1.43 Å². The van der Waals surface area contributed by atoms with E-state index in [1.807, 2.05) is 31.7 Å². The summed E-state index contributed by atoms with van der Waals surface area (Å²) in [5.41, 5.74) is 2.88. The molecular weight excluding hydrogens is 520 g/mol. The van der Waals surface area contributed by atoms with Crippen molar-refractivity contribution in [3.8, 4) is 0 Å². The molecule has 0 aliphatic carbocycles. The minimum atomic E-state index is 0. The third kappa shape index (κ3) is 5.52. The number of pyridine rings is 2. The van der Waals surface area contributed by atoms with Crippen molar-refractivity contribution in [2.24, 2.45) is 14.1 Å². The lowest BCUT2D eigenvalue weighted by Crippen LogP contribution is -1.91. The lowest BCUT2D eigenvalue weighted by atomic mass is 10.2. The molecule has 0 aromatic carbocycles. The van der Waals surface area contributed by atoms with Gasteiger partial charge in [0.05, 0.1) is 11.1 Å². The highest BCUT2D eigenvalue weighted by atomic mass is 79.9. The molecule has 0 atom stereocenters. The molecule has 29 heavy (non-hydrogen) atoms. The third-order valence-corrected chi connectivity index (χ3v) is 4.52. The first-order chi connectivity index (χ1) is 18.9. The number of aldehydes is 1. The number of hydrogen-bond donors (Lipinski definition) is 0. The SMILES string of the molecule is C=Cc1nn(C)c2ncc(Br)cc12.CSC.Cn1nc(C=O)c2cc(Br)cnc21.[2HH].[2H][2H].[2H][2H].[2H][2H].[2H][2H].[2H][2H]. The van der Waals surface area contributed by atoms with Crippen LogP contribution in [0.15, 0.2) is 40.1 Å². The number of carbonyl (C=O) groups is 1. The quantitative estimate of drug-likeness (QED) is 0.264. The Kier molecular flexibility index (Phi) is 6.14. The van der Waals surface area contributed by atoms with Crippen LogP contribution in [0.4, 0.5) is 0 Å². The summed E-state index contributed by atoms with van der Waals surface area (Å²) < 4.78 is 55.1. The zero-order chi connectivity index (χ0) is 31.6. The number of aryl methyl sites for hydroxylation is 2. The van der Waals surface area contributed by atoms with Crippen molar-refractivity contribution < 1.29 is 21.1 Å². The monoisotopic (exact) mass is 561 g/mol. The van der Waals surface area contributed by atoms with Crippen LogP contribution in [0.2, 0.25) is 0 Å². The van der Waals surface area contributed by atoms with E-state index >= 15 is 0 Å². The van der Waals surface area contributed by atoms with Gasteiger partial charge in [0.25, 0.3) is 0 Å². The molecule has 0 fully saturated rings. The van der Waals surface area contributed by atoms with Crippen LogP contribution < -0.4 is 0 Å². The van der Waals surface area contributed by atoms with E-state index in [2.05, 4.69) is 58.6 Å². The fourth-order valence-electron chi connectivity index (χ4n) is 2.52. The summed E-state index contributed by atoms with van der Waals surface area (Å²) in [5, 5.41) is 10.1. The predicted molar refractivity (Wildman–Crippen MR) is 140 cm³/mol. The molecule has 0 spiro atoms. The van der Waals surface area contributed by atoms with Crippen LogP contribution >= 0.6 is 43.6 Å². The van der Waals surface area contributed by atoms with Gasteiger partial charge in [0.2, 0.25) is 0 Å². The van der Waals surface area contributed by atoms with Gasteiger partial charge in [-0.3, -0.25) is 4.79 Å². The summed E-state index contributed by atoms with van der Waals surface area (Å²) in [6.07, 6.45) is 9.99. The standard InChI is InChI=1S/C9H8BrN3.C8H6BrN3O.C2H6S.6H2/c1-3-8-7-4-6(10)5-11-9(7)13(2)12-8;1-12-8-6(7(4-13)11-12)2-5(9)3-10-8;1-3-2;;;;;;/h3-5H,1H2,2H3;2-4H,1H3;1-2H3;6*1H/i;;;5*1+1D;1+1.